The summed E-state index contributed by atoms with van der Waals surface area (Å²) >= 11 is 0. The van der Waals surface area contributed by atoms with E-state index < -0.39 is 0 Å². The van der Waals surface area contributed by atoms with Gasteiger partial charge in [-0.05, 0) is 56.2 Å². The standard InChI is InChI=1S/C64H106O18/c1-62(2,3)57-14-10-55(11-15-57)53-79-46-44-75-38-36-71-30-28-67-22-20-65-24-26-69-32-34-73-40-42-77-48-50-81-60-19-18-59(64(7,8)9)52-61(60)82-51-49-78-43-41-74-35-33-70-27-25-66-21-23-68-29-31-72-37-39-76-45-47-80-54-56-12-16-58(17-13-56)63(4,5)6/h10-19,52H,20-51,53-54H2,1-9H3. The highest BCUT2D eigenvalue weighted by Gasteiger charge is 2.18. The second kappa shape index (κ2) is 46.9. The fraction of sp³-hybridized carbons (Fsp3) is 0.719. The van der Waals surface area contributed by atoms with Gasteiger partial charge in [-0.25, -0.2) is 0 Å². The highest BCUT2D eigenvalue weighted by atomic mass is 16.6. The van der Waals surface area contributed by atoms with Gasteiger partial charge in [0.25, 0.3) is 0 Å². The van der Waals surface area contributed by atoms with Crippen LogP contribution in [0, 0.1) is 0 Å². The van der Waals surface area contributed by atoms with Crippen molar-refractivity contribution < 1.29 is 85.3 Å². The predicted octanol–water partition coefficient (Wildman–Crippen LogP) is 9.00. The molecule has 0 spiro atoms. The summed E-state index contributed by atoms with van der Waals surface area (Å²) in [6, 6.07) is 23.2. The van der Waals surface area contributed by atoms with Crippen molar-refractivity contribution in [1.29, 1.82) is 0 Å². The molecule has 0 amide bonds. The summed E-state index contributed by atoms with van der Waals surface area (Å²) in [5.41, 5.74) is 6.36. The molecule has 0 saturated heterocycles. The van der Waals surface area contributed by atoms with Crippen LogP contribution in [0.1, 0.15) is 90.1 Å². The summed E-state index contributed by atoms with van der Waals surface area (Å²) in [4.78, 5) is 0. The highest BCUT2D eigenvalue weighted by Crippen LogP contribution is 2.33. The number of ether oxygens (including phenoxy) is 18. The molecule has 18 heteroatoms. The van der Waals surface area contributed by atoms with Gasteiger partial charge in [-0.15, -0.1) is 0 Å². The lowest BCUT2D eigenvalue weighted by atomic mass is 9.87. The molecule has 0 aliphatic carbocycles. The maximum atomic E-state index is 6.12. The number of rotatable bonds is 54. The van der Waals surface area contributed by atoms with Crippen LogP contribution >= 0.6 is 0 Å². The van der Waals surface area contributed by atoms with Crippen molar-refractivity contribution in [1.82, 2.24) is 0 Å². The van der Waals surface area contributed by atoms with Gasteiger partial charge in [0.15, 0.2) is 11.5 Å². The maximum absolute atomic E-state index is 6.12. The van der Waals surface area contributed by atoms with Gasteiger partial charge < -0.3 is 85.3 Å². The van der Waals surface area contributed by atoms with Crippen LogP contribution in [-0.2, 0) is 105 Å². The Morgan fingerprint density at radius 3 is 0.634 bits per heavy atom. The molecule has 0 saturated carbocycles. The smallest absolute Gasteiger partial charge is 0.161 e. The maximum Gasteiger partial charge on any atom is 0.161 e. The lowest BCUT2D eigenvalue weighted by Crippen LogP contribution is -2.16. The Hall–Kier alpha value is -3.38. The molecule has 0 aliphatic heterocycles. The summed E-state index contributed by atoms with van der Waals surface area (Å²) in [5, 5.41) is 0. The van der Waals surface area contributed by atoms with Crippen molar-refractivity contribution in [2.75, 3.05) is 211 Å². The minimum Gasteiger partial charge on any atom is -0.487 e. The highest BCUT2D eigenvalue weighted by molar-refractivity contribution is 5.45. The van der Waals surface area contributed by atoms with Gasteiger partial charge in [0.2, 0.25) is 0 Å². The van der Waals surface area contributed by atoms with E-state index >= 15 is 0 Å². The Balaban J connectivity index is 1.01. The van der Waals surface area contributed by atoms with Crippen molar-refractivity contribution >= 4 is 0 Å². The largest absolute Gasteiger partial charge is 0.487 e. The molecule has 18 nitrogen and oxygen atoms in total. The molecule has 470 valence electrons. The molecule has 82 heavy (non-hydrogen) atoms. The zero-order chi connectivity index (χ0) is 59.1. The molecular weight excluding hydrogens is 1060 g/mol. The average Bonchev–Trinajstić information content (AvgIpc) is 3.66. The van der Waals surface area contributed by atoms with Crippen molar-refractivity contribution in [2.24, 2.45) is 0 Å². The van der Waals surface area contributed by atoms with Gasteiger partial charge in [-0.1, -0.05) is 117 Å². The van der Waals surface area contributed by atoms with Crippen molar-refractivity contribution in [2.45, 2.75) is 91.8 Å². The van der Waals surface area contributed by atoms with Crippen LogP contribution in [0.4, 0.5) is 0 Å². The van der Waals surface area contributed by atoms with Gasteiger partial charge in [-0.2, -0.15) is 0 Å². The van der Waals surface area contributed by atoms with Gasteiger partial charge in [0, 0.05) is 0 Å². The van der Waals surface area contributed by atoms with Gasteiger partial charge >= 0.3 is 0 Å². The minimum atomic E-state index is -0.0491. The molecule has 0 aromatic heterocycles. The van der Waals surface area contributed by atoms with E-state index in [4.69, 9.17) is 85.3 Å². The van der Waals surface area contributed by atoms with E-state index in [1.165, 1.54) is 11.1 Å². The summed E-state index contributed by atoms with van der Waals surface area (Å²) in [5.74, 6) is 1.33. The lowest BCUT2D eigenvalue weighted by molar-refractivity contribution is -0.0242. The van der Waals surface area contributed by atoms with Crippen molar-refractivity contribution in [3.63, 3.8) is 0 Å². The molecule has 0 radical (unpaired) electrons. The van der Waals surface area contributed by atoms with E-state index in [0.29, 0.717) is 236 Å². The Bertz CT molecular complexity index is 1920. The average molecular weight is 1160 g/mol. The zero-order valence-corrected chi connectivity index (χ0v) is 51.7. The second-order valence-electron chi connectivity index (χ2n) is 22.2. The minimum absolute atomic E-state index is 0.0491. The summed E-state index contributed by atoms with van der Waals surface area (Å²) in [6.07, 6.45) is 0. The number of benzene rings is 3. The van der Waals surface area contributed by atoms with E-state index in [0.717, 1.165) is 16.7 Å². The first-order valence-electron chi connectivity index (χ1n) is 29.6. The summed E-state index contributed by atoms with van der Waals surface area (Å²) in [7, 11) is 0. The van der Waals surface area contributed by atoms with Gasteiger partial charge in [0.05, 0.1) is 211 Å². The molecular formula is C64H106O18. The normalized spacial score (nSPS) is 12.2. The molecule has 0 heterocycles. The van der Waals surface area contributed by atoms with E-state index in [1.54, 1.807) is 0 Å². The third-order valence-corrected chi connectivity index (χ3v) is 12.2. The SMILES string of the molecule is CC(C)(C)c1ccc(COCCOCCOCCOCCOCCOCCOCCOCCOc2ccc(C(C)(C)C)cc2OCCOCCOCCOCCOCCOCCOCCOCCOCc2ccc(C(C)(C)C)cc2)cc1. The van der Waals surface area contributed by atoms with Crippen LogP contribution in [0.2, 0.25) is 0 Å². The summed E-state index contributed by atoms with van der Waals surface area (Å²) in [6.45, 7) is 36.4. The lowest BCUT2D eigenvalue weighted by Gasteiger charge is -2.21. The van der Waals surface area contributed by atoms with Gasteiger partial charge in [-0.3, -0.25) is 0 Å². The monoisotopic (exact) mass is 1160 g/mol. The quantitative estimate of drug-likeness (QED) is 0.0491. The third-order valence-electron chi connectivity index (χ3n) is 12.2. The fourth-order valence-corrected chi connectivity index (χ4v) is 7.29. The Kier molecular flexibility index (Phi) is 41.6. The Labute approximate surface area is 492 Å². The Morgan fingerprint density at radius 2 is 0.402 bits per heavy atom. The van der Waals surface area contributed by atoms with Crippen LogP contribution in [0.5, 0.6) is 11.5 Å². The van der Waals surface area contributed by atoms with Crippen molar-refractivity contribution in [3.8, 4) is 11.5 Å². The number of hydrogen-bond donors (Lipinski definition) is 0. The zero-order valence-electron chi connectivity index (χ0n) is 51.7. The van der Waals surface area contributed by atoms with E-state index in [9.17, 15) is 0 Å². The topological polar surface area (TPSA) is 166 Å². The van der Waals surface area contributed by atoms with Crippen LogP contribution < -0.4 is 9.47 Å². The van der Waals surface area contributed by atoms with Crippen LogP contribution in [0.15, 0.2) is 66.7 Å². The van der Waals surface area contributed by atoms with Gasteiger partial charge in [0.1, 0.15) is 13.2 Å². The summed E-state index contributed by atoms with van der Waals surface area (Å²) < 4.78 is 102. The van der Waals surface area contributed by atoms with Crippen LogP contribution in [0.3, 0.4) is 0 Å². The van der Waals surface area contributed by atoms with Crippen molar-refractivity contribution in [3.05, 3.63) is 94.5 Å². The van der Waals surface area contributed by atoms with E-state index in [-0.39, 0.29) is 16.2 Å². The first kappa shape index (κ1) is 72.9. The fourth-order valence-electron chi connectivity index (χ4n) is 7.29. The number of hydrogen-bond acceptors (Lipinski definition) is 18. The molecule has 3 aromatic carbocycles. The third kappa shape index (κ3) is 39.3. The molecule has 0 fully saturated rings. The van der Waals surface area contributed by atoms with E-state index in [2.05, 4.69) is 117 Å². The molecule has 0 bridgehead atoms. The molecule has 0 atom stereocenters. The van der Waals surface area contributed by atoms with E-state index in [1.807, 2.05) is 12.1 Å². The Morgan fingerprint density at radius 1 is 0.207 bits per heavy atom. The molecule has 0 unspecified atom stereocenters. The predicted molar refractivity (Wildman–Crippen MR) is 317 cm³/mol. The molecule has 0 aliphatic rings. The molecule has 3 rings (SSSR count). The first-order valence-corrected chi connectivity index (χ1v) is 29.6. The van der Waals surface area contributed by atoms with Crippen LogP contribution in [0.25, 0.3) is 0 Å². The van der Waals surface area contributed by atoms with Crippen LogP contribution in [-0.4, -0.2) is 211 Å². The first-order chi connectivity index (χ1) is 39.7. The second-order valence-corrected chi connectivity index (χ2v) is 22.2. The molecule has 3 aromatic rings. The molecule has 0 N–H and O–H groups in total.